The molecule has 0 saturated heterocycles. The third-order valence-electron chi connectivity index (χ3n) is 1.26. The van der Waals surface area contributed by atoms with E-state index < -0.39 is 6.04 Å². The number of likely N-dealkylation sites (N-methyl/N-ethyl adjacent to an activating group) is 1. The molecule has 0 spiro atoms. The molecule has 0 aliphatic carbocycles. The Bertz CT molecular complexity index is 110. The van der Waals surface area contributed by atoms with Crippen molar-refractivity contribution >= 4 is 5.91 Å². The van der Waals surface area contributed by atoms with Crippen molar-refractivity contribution in [1.29, 1.82) is 0 Å². The molecule has 1 atom stereocenters. The van der Waals surface area contributed by atoms with E-state index in [-0.39, 0.29) is 50.0 Å². The van der Waals surface area contributed by atoms with E-state index in [1.165, 1.54) is 7.05 Å². The van der Waals surface area contributed by atoms with E-state index in [1.54, 1.807) is 0 Å². The van der Waals surface area contributed by atoms with Gasteiger partial charge in [0.05, 0.1) is 0 Å². The number of hydrogen-bond acceptors (Lipinski definition) is 2. The van der Waals surface area contributed by atoms with Crippen molar-refractivity contribution in [2.75, 3.05) is 13.6 Å². The Balaban J connectivity index is 0. The van der Waals surface area contributed by atoms with Crippen molar-refractivity contribution in [2.45, 2.75) is 18.9 Å². The fourth-order valence-electron chi connectivity index (χ4n) is 0.627. The first-order valence-electron chi connectivity index (χ1n) is 3.35. The van der Waals surface area contributed by atoms with E-state index in [1.807, 2.05) is 0 Å². The molecule has 0 aromatic rings. The van der Waals surface area contributed by atoms with Crippen LogP contribution in [-0.4, -0.2) is 25.5 Å². The van der Waals surface area contributed by atoms with Gasteiger partial charge in [0.15, 0.2) is 0 Å². The second kappa shape index (κ2) is 8.92. The van der Waals surface area contributed by atoms with Crippen molar-refractivity contribution in [2.24, 2.45) is 5.73 Å². The maximum atomic E-state index is 10.7. The van der Waals surface area contributed by atoms with Gasteiger partial charge in [0.25, 0.3) is 0 Å². The Morgan fingerprint density at radius 1 is 1.73 bits per heavy atom. The third-order valence-corrected chi connectivity index (χ3v) is 1.26. The second-order valence-electron chi connectivity index (χ2n) is 2.10. The summed E-state index contributed by atoms with van der Waals surface area (Å²) in [6, 6.07) is -0.645. The summed E-state index contributed by atoms with van der Waals surface area (Å²) in [6.45, 7) is 0.548. The summed E-state index contributed by atoms with van der Waals surface area (Å²) in [7, 11) is 1.53. The molecule has 0 heterocycles. The average Bonchev–Trinajstić information content (AvgIpc) is 1.98. The standard InChI is InChI=1S/C6H14N3O.Ac/c1-9-6(10)5(8)3-2-4-7;/h5,8H,2-4,7H2,1H3,(H,9,10);/q-1;. The van der Waals surface area contributed by atoms with Gasteiger partial charge in [-0.25, -0.2) is 0 Å². The largest absolute Gasteiger partial charge is 0.667 e. The summed E-state index contributed by atoms with van der Waals surface area (Å²) >= 11 is 0. The van der Waals surface area contributed by atoms with Crippen molar-refractivity contribution in [3.05, 3.63) is 5.73 Å². The van der Waals surface area contributed by atoms with Crippen LogP contribution >= 0.6 is 0 Å². The van der Waals surface area contributed by atoms with Gasteiger partial charge >= 0.3 is 0 Å². The number of nitrogens with one attached hydrogen (secondary N) is 2. The molecule has 0 bridgehead atoms. The molecule has 63 valence electrons. The number of rotatable bonds is 4. The average molecular weight is 371 g/mol. The van der Waals surface area contributed by atoms with E-state index in [9.17, 15) is 4.79 Å². The van der Waals surface area contributed by atoms with Gasteiger partial charge in [-0.15, -0.1) is 0 Å². The van der Waals surface area contributed by atoms with Crippen LogP contribution in [0.1, 0.15) is 12.8 Å². The van der Waals surface area contributed by atoms with Gasteiger partial charge in [-0.05, 0) is 13.0 Å². The smallest absolute Gasteiger partial charge is 0.201 e. The zero-order valence-electron chi connectivity index (χ0n) is 6.76. The Morgan fingerprint density at radius 2 is 2.27 bits per heavy atom. The first-order chi connectivity index (χ1) is 4.72. The van der Waals surface area contributed by atoms with Crippen molar-refractivity contribution in [3.63, 3.8) is 0 Å². The first kappa shape index (κ1) is 14.4. The van der Waals surface area contributed by atoms with Crippen LogP contribution in [-0.2, 0) is 4.79 Å². The van der Waals surface area contributed by atoms with Gasteiger partial charge in [0.2, 0.25) is 5.91 Å². The Labute approximate surface area is 103 Å². The van der Waals surface area contributed by atoms with Crippen LogP contribution in [0.25, 0.3) is 5.73 Å². The zero-order valence-corrected chi connectivity index (χ0v) is 11.5. The van der Waals surface area contributed by atoms with Crippen LogP contribution in [0.5, 0.6) is 0 Å². The van der Waals surface area contributed by atoms with E-state index in [4.69, 9.17) is 11.5 Å². The summed E-state index contributed by atoms with van der Waals surface area (Å²) in [6.07, 6.45) is 1.29. The fraction of sp³-hybridized carbons (Fsp3) is 0.833. The molecule has 0 saturated carbocycles. The molecule has 4 nitrogen and oxygen atoms in total. The van der Waals surface area contributed by atoms with E-state index in [2.05, 4.69) is 5.32 Å². The van der Waals surface area contributed by atoms with E-state index in [0.717, 1.165) is 6.42 Å². The molecule has 0 aromatic heterocycles. The van der Waals surface area contributed by atoms with Crippen LogP contribution < -0.4 is 11.1 Å². The van der Waals surface area contributed by atoms with Gasteiger partial charge in [-0.3, -0.25) is 4.79 Å². The molecule has 1 unspecified atom stereocenters. The maximum absolute atomic E-state index is 10.7. The summed E-state index contributed by atoms with van der Waals surface area (Å²) in [5.74, 6) is -0.228. The number of carbonyl (C=O) groups excluding carboxylic acids is 1. The molecule has 1 amide bonds. The minimum Gasteiger partial charge on any atom is -0.667 e. The number of hydrogen-bond donors (Lipinski definition) is 2. The Morgan fingerprint density at radius 3 is 2.64 bits per heavy atom. The topological polar surface area (TPSA) is 78.9 Å². The van der Waals surface area contributed by atoms with Crippen LogP contribution in [0.15, 0.2) is 0 Å². The second-order valence-corrected chi connectivity index (χ2v) is 2.10. The summed E-state index contributed by atoms with van der Waals surface area (Å²) in [4.78, 5) is 10.7. The molecule has 0 fully saturated rings. The van der Waals surface area contributed by atoms with Gasteiger partial charge in [0.1, 0.15) is 0 Å². The predicted octanol–water partition coefficient (Wildman–Crippen LogP) is -0.108. The van der Waals surface area contributed by atoms with Crippen LogP contribution in [0.4, 0.5) is 0 Å². The summed E-state index contributed by atoms with van der Waals surface area (Å²) in [5.41, 5.74) is 12.4. The monoisotopic (exact) mass is 371 g/mol. The first-order valence-corrected chi connectivity index (χ1v) is 3.35. The molecular formula is C6H14AcN3O-. The zero-order chi connectivity index (χ0) is 7.98. The Kier molecular flexibility index (Phi) is 11.7. The number of carbonyl (C=O) groups is 1. The Hall–Kier alpha value is 0.832. The molecule has 0 rings (SSSR count). The van der Waals surface area contributed by atoms with Crippen molar-refractivity contribution < 1.29 is 48.9 Å². The van der Waals surface area contributed by atoms with Crippen molar-refractivity contribution in [3.8, 4) is 0 Å². The molecule has 5 heteroatoms. The quantitative estimate of drug-likeness (QED) is 0.724. The van der Waals surface area contributed by atoms with Crippen molar-refractivity contribution in [1.82, 2.24) is 5.32 Å². The fourth-order valence-corrected chi connectivity index (χ4v) is 0.627. The number of nitrogens with two attached hydrogens (primary N) is 1. The molecule has 11 heavy (non-hydrogen) atoms. The third kappa shape index (κ3) is 7.20. The molecule has 0 aliphatic heterocycles. The van der Waals surface area contributed by atoms with Gasteiger partial charge in [-0.2, -0.15) is 0 Å². The summed E-state index contributed by atoms with van der Waals surface area (Å²) in [5, 5.41) is 2.41. The van der Waals surface area contributed by atoms with Crippen LogP contribution in [0.3, 0.4) is 0 Å². The van der Waals surface area contributed by atoms with Gasteiger partial charge in [-0.1, -0.05) is 12.5 Å². The van der Waals surface area contributed by atoms with E-state index in [0.29, 0.717) is 13.0 Å². The number of amides is 1. The minimum atomic E-state index is -0.645. The van der Waals surface area contributed by atoms with Gasteiger partial charge < -0.3 is 16.8 Å². The maximum Gasteiger partial charge on any atom is 0.201 e. The van der Waals surface area contributed by atoms with Crippen LogP contribution in [0.2, 0.25) is 0 Å². The summed E-state index contributed by atoms with van der Waals surface area (Å²) < 4.78 is 0. The molecule has 1 radical (unpaired) electrons. The van der Waals surface area contributed by atoms with Gasteiger partial charge in [0, 0.05) is 51.1 Å². The molecule has 4 N–H and O–H groups in total. The minimum absolute atomic E-state index is 0. The van der Waals surface area contributed by atoms with Crippen LogP contribution in [0, 0.1) is 44.1 Å². The normalized spacial score (nSPS) is 11.5. The molecule has 0 aromatic carbocycles. The predicted molar refractivity (Wildman–Crippen MR) is 40.5 cm³/mol. The van der Waals surface area contributed by atoms with E-state index >= 15 is 0 Å². The molecule has 0 aliphatic rings. The SMILES string of the molecule is CNC(=O)C([NH-])CCCN.[Ac]. The molecular weight excluding hydrogens is 357 g/mol.